The fourth-order valence-electron chi connectivity index (χ4n) is 4.15. The Hall–Kier alpha value is -3.40. The van der Waals surface area contributed by atoms with Gasteiger partial charge in [0.15, 0.2) is 11.5 Å². The predicted molar refractivity (Wildman–Crippen MR) is 123 cm³/mol. The first kappa shape index (κ1) is 21.8. The quantitative estimate of drug-likeness (QED) is 0.535. The Morgan fingerprint density at radius 1 is 1.19 bits per heavy atom. The molecule has 7 heteroatoms. The number of nitriles is 1. The van der Waals surface area contributed by atoms with Crippen LogP contribution in [0.4, 0.5) is 5.69 Å². The first-order valence-electron chi connectivity index (χ1n) is 11.2. The lowest BCUT2D eigenvalue weighted by Crippen LogP contribution is -2.20. The minimum atomic E-state index is -0.332. The van der Waals surface area contributed by atoms with E-state index in [1.54, 1.807) is 18.2 Å². The number of benzene rings is 1. The summed E-state index contributed by atoms with van der Waals surface area (Å²) >= 11 is 0. The number of carbonyl (C=O) groups is 1. The number of amides is 1. The maximum Gasteiger partial charge on any atom is 0.280 e. The first-order valence-corrected chi connectivity index (χ1v) is 11.2. The van der Waals surface area contributed by atoms with Crippen LogP contribution >= 0.6 is 0 Å². The lowest BCUT2D eigenvalue weighted by Gasteiger charge is -2.26. The van der Waals surface area contributed by atoms with Crippen LogP contribution in [0.5, 0.6) is 23.1 Å². The molecule has 1 aromatic carbocycles. The van der Waals surface area contributed by atoms with Crippen LogP contribution in [0.1, 0.15) is 69.3 Å². The molecule has 0 radical (unpaired) electrons. The lowest BCUT2D eigenvalue weighted by atomic mass is 9.81. The highest BCUT2D eigenvalue weighted by molar-refractivity contribution is 6.08. The number of ether oxygens (including phenoxy) is 2. The maximum atomic E-state index is 13.2. The third kappa shape index (κ3) is 4.45. The molecule has 1 aliphatic heterocycles. The van der Waals surface area contributed by atoms with Gasteiger partial charge in [-0.3, -0.25) is 4.79 Å². The van der Waals surface area contributed by atoms with E-state index in [0.717, 1.165) is 31.4 Å². The maximum absolute atomic E-state index is 13.2. The Bertz CT molecular complexity index is 1100. The smallest absolute Gasteiger partial charge is 0.280 e. The number of hydrogen-bond donors (Lipinski definition) is 1. The molecule has 1 saturated carbocycles. The van der Waals surface area contributed by atoms with Gasteiger partial charge in [0.05, 0.1) is 22.9 Å². The third-order valence-electron chi connectivity index (χ3n) is 5.97. The largest absolute Gasteiger partial charge is 0.445 e. The molecule has 0 unspecified atom stereocenters. The lowest BCUT2D eigenvalue weighted by molar-refractivity contribution is 0.100. The number of aromatic nitrogens is 1. The normalized spacial score (nSPS) is 17.0. The molecule has 1 aliphatic carbocycles. The van der Waals surface area contributed by atoms with Crippen LogP contribution in [0.3, 0.4) is 0 Å². The number of aliphatic imine (C=N–C) groups is 1. The Kier molecular flexibility index (Phi) is 6.13. The van der Waals surface area contributed by atoms with Crippen LogP contribution in [0.2, 0.25) is 0 Å². The van der Waals surface area contributed by atoms with E-state index >= 15 is 0 Å². The van der Waals surface area contributed by atoms with Crippen molar-refractivity contribution in [1.82, 2.24) is 4.98 Å². The molecule has 0 saturated heterocycles. The van der Waals surface area contributed by atoms with Gasteiger partial charge in [-0.25, -0.2) is 9.98 Å². The second-order valence-electron chi connectivity index (χ2n) is 9.02. The number of rotatable bonds is 4. The van der Waals surface area contributed by atoms with Gasteiger partial charge in [-0.2, -0.15) is 5.26 Å². The summed E-state index contributed by atoms with van der Waals surface area (Å²) in [7, 11) is 0. The van der Waals surface area contributed by atoms with E-state index in [4.69, 9.17) is 9.47 Å². The Labute approximate surface area is 188 Å². The molecule has 0 bridgehead atoms. The van der Waals surface area contributed by atoms with Crippen molar-refractivity contribution in [2.75, 3.05) is 5.32 Å². The van der Waals surface area contributed by atoms with E-state index < -0.39 is 0 Å². The fourth-order valence-corrected chi connectivity index (χ4v) is 4.15. The van der Waals surface area contributed by atoms with E-state index in [-0.39, 0.29) is 17.8 Å². The molecule has 4 rings (SSSR count). The molecule has 1 fully saturated rings. The van der Waals surface area contributed by atoms with Crippen molar-refractivity contribution in [3.8, 4) is 29.2 Å². The topological polar surface area (TPSA) is 96.6 Å². The van der Waals surface area contributed by atoms with Crippen molar-refractivity contribution in [1.29, 1.82) is 5.26 Å². The molecule has 1 N–H and O–H groups in total. The molecule has 32 heavy (non-hydrogen) atoms. The summed E-state index contributed by atoms with van der Waals surface area (Å²) in [6.07, 6.45) is 5.33. The van der Waals surface area contributed by atoms with Gasteiger partial charge < -0.3 is 14.8 Å². The third-order valence-corrected chi connectivity index (χ3v) is 5.97. The summed E-state index contributed by atoms with van der Waals surface area (Å²) in [6, 6.07) is 7.07. The highest BCUT2D eigenvalue weighted by atomic mass is 16.6. The number of nitrogens with one attached hydrogen (secondary N) is 1. The van der Waals surface area contributed by atoms with Gasteiger partial charge in [0.2, 0.25) is 5.75 Å². The van der Waals surface area contributed by atoms with Crippen LogP contribution in [-0.2, 0) is 0 Å². The summed E-state index contributed by atoms with van der Waals surface area (Å²) in [5, 5.41) is 12.5. The second-order valence-corrected chi connectivity index (χ2v) is 9.02. The highest BCUT2D eigenvalue weighted by Gasteiger charge is 2.29. The van der Waals surface area contributed by atoms with Gasteiger partial charge in [0.1, 0.15) is 0 Å². The van der Waals surface area contributed by atoms with Gasteiger partial charge in [-0.05, 0) is 63.5 Å². The summed E-state index contributed by atoms with van der Waals surface area (Å²) in [4.78, 5) is 21.9. The number of nitrogens with zero attached hydrogens (tertiary/aromatic N) is 3. The Morgan fingerprint density at radius 3 is 2.59 bits per heavy atom. The second kappa shape index (κ2) is 8.99. The SMILES string of the molecule is CC(C)Nc1c(C(=O)N=C2CCC(C(C)C)CC2)cnc2c1Oc1cc(C#N)ccc1O2. The first-order chi connectivity index (χ1) is 15.4. The number of pyridine rings is 1. The molecule has 2 aromatic rings. The number of carbonyl (C=O) groups excluding carboxylic acids is 1. The molecule has 166 valence electrons. The molecule has 0 spiro atoms. The molecule has 2 heterocycles. The predicted octanol–water partition coefficient (Wildman–Crippen LogP) is 6.10. The van der Waals surface area contributed by atoms with Gasteiger partial charge in [-0.1, -0.05) is 13.8 Å². The fraction of sp³-hybridized carbons (Fsp3) is 0.440. The van der Waals surface area contributed by atoms with Crippen LogP contribution in [0.15, 0.2) is 29.4 Å². The molecule has 2 aliphatic rings. The molecule has 1 amide bonds. The van der Waals surface area contributed by atoms with Crippen LogP contribution in [0, 0.1) is 23.2 Å². The monoisotopic (exact) mass is 432 g/mol. The summed E-state index contributed by atoms with van der Waals surface area (Å²) in [6.45, 7) is 8.46. The van der Waals surface area contributed by atoms with E-state index in [9.17, 15) is 10.1 Å². The number of fused-ring (bicyclic) bond motifs is 2. The molecular weight excluding hydrogens is 404 g/mol. The van der Waals surface area contributed by atoms with E-state index in [1.165, 1.54) is 6.20 Å². The van der Waals surface area contributed by atoms with Gasteiger partial charge in [0.25, 0.3) is 11.8 Å². The number of hydrogen-bond acceptors (Lipinski definition) is 6. The zero-order valence-corrected chi connectivity index (χ0v) is 18.9. The zero-order valence-electron chi connectivity index (χ0n) is 18.9. The summed E-state index contributed by atoms with van der Waals surface area (Å²) in [5.41, 5.74) is 2.25. The van der Waals surface area contributed by atoms with E-state index in [2.05, 4.69) is 35.2 Å². The van der Waals surface area contributed by atoms with E-state index in [1.807, 2.05) is 13.8 Å². The van der Waals surface area contributed by atoms with Crippen molar-refractivity contribution in [2.24, 2.45) is 16.8 Å². The Balaban J connectivity index is 1.66. The van der Waals surface area contributed by atoms with Crippen molar-refractivity contribution < 1.29 is 14.3 Å². The summed E-state index contributed by atoms with van der Waals surface area (Å²) < 4.78 is 12.0. The summed E-state index contributed by atoms with van der Waals surface area (Å²) in [5.74, 6) is 2.50. The standard InChI is InChI=1S/C25H28N4O3/c1-14(2)17-6-8-18(9-7-17)29-24(30)19-13-27-25-23(22(19)28-15(3)4)31-21-11-16(12-26)5-10-20(21)32-25/h5,10-11,13-15,17H,6-9H2,1-4H3,(H,27,28). The average Bonchev–Trinajstić information content (AvgIpc) is 2.77. The van der Waals surface area contributed by atoms with Gasteiger partial charge in [-0.15, -0.1) is 0 Å². The molecule has 0 atom stereocenters. The minimum Gasteiger partial charge on any atom is -0.445 e. The van der Waals surface area contributed by atoms with Crippen molar-refractivity contribution in [3.05, 3.63) is 35.5 Å². The molecule has 1 aromatic heterocycles. The van der Waals surface area contributed by atoms with Crippen LogP contribution < -0.4 is 14.8 Å². The molecular formula is C25H28N4O3. The molecule has 7 nitrogen and oxygen atoms in total. The van der Waals surface area contributed by atoms with Crippen molar-refractivity contribution in [3.63, 3.8) is 0 Å². The van der Waals surface area contributed by atoms with Gasteiger partial charge in [0, 0.05) is 24.0 Å². The number of anilines is 1. The van der Waals surface area contributed by atoms with Crippen molar-refractivity contribution >= 4 is 17.3 Å². The van der Waals surface area contributed by atoms with Crippen LogP contribution in [-0.4, -0.2) is 22.6 Å². The van der Waals surface area contributed by atoms with Crippen LogP contribution in [0.25, 0.3) is 0 Å². The Morgan fingerprint density at radius 2 is 1.94 bits per heavy atom. The minimum absolute atomic E-state index is 0.0395. The van der Waals surface area contributed by atoms with E-state index in [0.29, 0.717) is 45.9 Å². The average molecular weight is 433 g/mol. The zero-order chi connectivity index (χ0) is 22.8. The van der Waals surface area contributed by atoms with Crippen molar-refractivity contribution in [2.45, 2.75) is 59.4 Å². The van der Waals surface area contributed by atoms with Gasteiger partial charge >= 0.3 is 0 Å². The highest BCUT2D eigenvalue weighted by Crippen LogP contribution is 2.49.